The summed E-state index contributed by atoms with van der Waals surface area (Å²) in [5, 5.41) is 11.9. The molecule has 0 bridgehead atoms. The maximum Gasteiger partial charge on any atom is 0.416 e. The van der Waals surface area contributed by atoms with Crippen LogP contribution >= 0.6 is 15.9 Å². The predicted molar refractivity (Wildman–Crippen MR) is 130 cm³/mol. The smallest absolute Gasteiger partial charge is 0.416 e. The molecule has 2 N–H and O–H groups in total. The maximum atomic E-state index is 13.0. The topological polar surface area (TPSA) is 84.9 Å². The highest BCUT2D eigenvalue weighted by Gasteiger charge is 2.32. The Bertz CT molecular complexity index is 1290. The third kappa shape index (κ3) is 6.78. The van der Waals surface area contributed by atoms with Gasteiger partial charge in [0.05, 0.1) is 11.1 Å². The van der Waals surface area contributed by atoms with Gasteiger partial charge in [-0.1, -0.05) is 12.1 Å². The van der Waals surface area contributed by atoms with E-state index in [0.29, 0.717) is 28.4 Å². The van der Waals surface area contributed by atoms with E-state index in [1.54, 1.807) is 49.4 Å². The van der Waals surface area contributed by atoms with E-state index in [4.69, 9.17) is 9.47 Å². The SMILES string of the molecule is Cc1cc(Oc2cccc(CNC(=O)c3cc(C(F)(F)F)ccc3Br)c2)ccc1OC(C)(C)C(=O)O. The Kier molecular flexibility index (Phi) is 7.98. The number of nitrogens with one attached hydrogen (secondary N) is 1. The quantitative estimate of drug-likeness (QED) is 0.316. The molecule has 0 spiro atoms. The van der Waals surface area contributed by atoms with Gasteiger partial charge in [0.15, 0.2) is 5.60 Å². The molecule has 0 heterocycles. The summed E-state index contributed by atoms with van der Waals surface area (Å²) in [6.07, 6.45) is -4.56. The van der Waals surface area contributed by atoms with Crippen molar-refractivity contribution in [1.29, 1.82) is 0 Å². The van der Waals surface area contributed by atoms with Gasteiger partial charge in [0, 0.05) is 11.0 Å². The van der Waals surface area contributed by atoms with E-state index in [-0.39, 0.29) is 16.6 Å². The molecule has 0 atom stereocenters. The van der Waals surface area contributed by atoms with Gasteiger partial charge in [-0.3, -0.25) is 4.79 Å². The van der Waals surface area contributed by atoms with Crippen LogP contribution in [0.15, 0.2) is 65.1 Å². The fraction of sp³-hybridized carbons (Fsp3) is 0.231. The fourth-order valence-corrected chi connectivity index (χ4v) is 3.55. The Morgan fingerprint density at radius 3 is 2.33 bits per heavy atom. The lowest BCUT2D eigenvalue weighted by Crippen LogP contribution is -2.38. The first-order valence-electron chi connectivity index (χ1n) is 10.7. The lowest BCUT2D eigenvalue weighted by atomic mass is 10.1. The molecule has 10 heteroatoms. The number of aryl methyl sites for hydroxylation is 1. The molecule has 0 aromatic heterocycles. The van der Waals surface area contributed by atoms with Crippen molar-refractivity contribution in [2.45, 2.75) is 39.1 Å². The molecule has 0 radical (unpaired) electrons. The first kappa shape index (κ1) is 27.1. The van der Waals surface area contributed by atoms with Crippen molar-refractivity contribution in [2.24, 2.45) is 0 Å². The summed E-state index contributed by atoms with van der Waals surface area (Å²) in [5.41, 5.74) is -1.08. The van der Waals surface area contributed by atoms with Gasteiger partial charge in [-0.15, -0.1) is 0 Å². The van der Waals surface area contributed by atoms with E-state index in [2.05, 4.69) is 21.2 Å². The third-order valence-corrected chi connectivity index (χ3v) is 5.84. The number of benzene rings is 3. The largest absolute Gasteiger partial charge is 0.478 e. The number of carboxylic acid groups (broad SMARTS) is 1. The number of carboxylic acids is 1. The van der Waals surface area contributed by atoms with E-state index >= 15 is 0 Å². The molecule has 36 heavy (non-hydrogen) atoms. The monoisotopic (exact) mass is 565 g/mol. The van der Waals surface area contributed by atoms with Gasteiger partial charge < -0.3 is 19.9 Å². The number of carbonyl (C=O) groups is 2. The summed E-state index contributed by atoms with van der Waals surface area (Å²) in [7, 11) is 0. The Morgan fingerprint density at radius 2 is 1.69 bits per heavy atom. The lowest BCUT2D eigenvalue weighted by Gasteiger charge is -2.23. The average molecular weight is 566 g/mol. The van der Waals surface area contributed by atoms with Crippen molar-refractivity contribution >= 4 is 27.8 Å². The molecular formula is C26H23BrF3NO5. The minimum Gasteiger partial charge on any atom is -0.478 e. The van der Waals surface area contributed by atoms with Crippen molar-refractivity contribution in [1.82, 2.24) is 5.32 Å². The number of amides is 1. The molecule has 3 aromatic carbocycles. The summed E-state index contributed by atoms with van der Waals surface area (Å²) in [5.74, 6) is -0.378. The molecule has 0 saturated heterocycles. The number of hydrogen-bond donors (Lipinski definition) is 2. The average Bonchev–Trinajstić information content (AvgIpc) is 2.79. The summed E-state index contributed by atoms with van der Waals surface area (Å²) < 4.78 is 50.7. The van der Waals surface area contributed by atoms with E-state index in [1.165, 1.54) is 19.9 Å². The maximum absolute atomic E-state index is 13.0. The van der Waals surface area contributed by atoms with Crippen LogP contribution in [0.25, 0.3) is 0 Å². The second-order valence-electron chi connectivity index (χ2n) is 8.47. The number of carbonyl (C=O) groups excluding carboxylic acids is 1. The van der Waals surface area contributed by atoms with Crippen molar-refractivity contribution in [3.63, 3.8) is 0 Å². The number of halogens is 4. The molecule has 190 valence electrons. The number of ether oxygens (including phenoxy) is 2. The second-order valence-corrected chi connectivity index (χ2v) is 9.32. The molecule has 1 amide bonds. The minimum atomic E-state index is -4.56. The molecule has 0 aliphatic rings. The van der Waals surface area contributed by atoms with Crippen molar-refractivity contribution < 1.29 is 37.3 Å². The highest BCUT2D eigenvalue weighted by molar-refractivity contribution is 9.10. The number of alkyl halides is 3. The van der Waals surface area contributed by atoms with Gasteiger partial charge in [0.2, 0.25) is 0 Å². The van der Waals surface area contributed by atoms with Crippen LogP contribution in [0.5, 0.6) is 17.2 Å². The summed E-state index contributed by atoms with van der Waals surface area (Å²) in [4.78, 5) is 23.8. The zero-order chi connectivity index (χ0) is 26.7. The van der Waals surface area contributed by atoms with Gasteiger partial charge >= 0.3 is 12.1 Å². The molecule has 0 aliphatic carbocycles. The molecule has 3 aromatic rings. The number of rotatable bonds is 8. The number of hydrogen-bond acceptors (Lipinski definition) is 4. The van der Waals surface area contributed by atoms with Crippen LogP contribution in [-0.2, 0) is 17.5 Å². The van der Waals surface area contributed by atoms with E-state index in [9.17, 15) is 27.9 Å². The normalized spacial score (nSPS) is 11.6. The molecule has 3 rings (SSSR count). The number of aliphatic carboxylic acids is 1. The third-order valence-electron chi connectivity index (χ3n) is 5.15. The van der Waals surface area contributed by atoms with Gasteiger partial charge in [-0.25, -0.2) is 4.79 Å². The van der Waals surface area contributed by atoms with Crippen molar-refractivity contribution in [2.75, 3.05) is 0 Å². The Morgan fingerprint density at radius 1 is 1.00 bits per heavy atom. The zero-order valence-corrected chi connectivity index (χ0v) is 21.2. The summed E-state index contributed by atoms with van der Waals surface area (Å²) in [6.45, 7) is 4.73. The first-order valence-corrected chi connectivity index (χ1v) is 11.5. The van der Waals surface area contributed by atoms with Crippen molar-refractivity contribution in [3.8, 4) is 17.2 Å². The van der Waals surface area contributed by atoms with E-state index in [1.807, 2.05) is 0 Å². The second kappa shape index (κ2) is 10.6. The molecule has 0 unspecified atom stereocenters. The molecule has 0 aliphatic heterocycles. The van der Waals surface area contributed by atoms with Crippen LogP contribution in [-0.4, -0.2) is 22.6 Å². The summed E-state index contributed by atoms with van der Waals surface area (Å²) in [6, 6.07) is 14.7. The van der Waals surface area contributed by atoms with E-state index in [0.717, 1.165) is 12.1 Å². The zero-order valence-electron chi connectivity index (χ0n) is 19.6. The highest BCUT2D eigenvalue weighted by Crippen LogP contribution is 2.32. The minimum absolute atomic E-state index is 0.0643. The van der Waals surface area contributed by atoms with Crippen LogP contribution < -0.4 is 14.8 Å². The molecular weight excluding hydrogens is 543 g/mol. The Labute approximate surface area is 214 Å². The van der Waals surface area contributed by atoms with Crippen LogP contribution in [0.2, 0.25) is 0 Å². The standard InChI is InChI=1S/C26H23BrF3NO5/c1-15-11-19(8-10-22(15)36-25(2,3)24(33)34)35-18-6-4-5-16(12-18)14-31-23(32)20-13-17(26(28,29)30)7-9-21(20)27/h4-13H,14H2,1-3H3,(H,31,32)(H,33,34). The Hall–Kier alpha value is -3.53. The fourth-order valence-electron chi connectivity index (χ4n) is 3.13. The molecule has 0 fully saturated rings. The lowest BCUT2D eigenvalue weighted by molar-refractivity contribution is -0.152. The highest BCUT2D eigenvalue weighted by atomic mass is 79.9. The summed E-state index contributed by atoms with van der Waals surface area (Å²) >= 11 is 3.12. The molecule has 0 saturated carbocycles. The van der Waals surface area contributed by atoms with Crippen LogP contribution in [0.4, 0.5) is 13.2 Å². The van der Waals surface area contributed by atoms with Gasteiger partial charge in [-0.05, 0) is 96.4 Å². The first-order chi connectivity index (χ1) is 16.8. The van der Waals surface area contributed by atoms with Crippen LogP contribution in [0.3, 0.4) is 0 Å². The van der Waals surface area contributed by atoms with Gasteiger partial charge in [0.25, 0.3) is 5.91 Å². The van der Waals surface area contributed by atoms with Gasteiger partial charge in [0.1, 0.15) is 17.2 Å². The molecule has 6 nitrogen and oxygen atoms in total. The van der Waals surface area contributed by atoms with Crippen molar-refractivity contribution in [3.05, 3.63) is 87.4 Å². The Balaban J connectivity index is 1.68. The van der Waals surface area contributed by atoms with Crippen LogP contribution in [0.1, 0.15) is 40.9 Å². The van der Waals surface area contributed by atoms with Gasteiger partial charge in [-0.2, -0.15) is 13.2 Å². The van der Waals surface area contributed by atoms with E-state index < -0.39 is 29.2 Å². The van der Waals surface area contributed by atoms with Crippen LogP contribution in [0, 0.1) is 6.92 Å². The predicted octanol–water partition coefficient (Wildman–Crippen LogP) is 6.74.